The van der Waals surface area contributed by atoms with E-state index < -0.39 is 5.60 Å². The molecule has 1 saturated heterocycles. The van der Waals surface area contributed by atoms with Gasteiger partial charge in [0.05, 0.1) is 11.7 Å². The maximum absolute atomic E-state index is 10.5. The molecule has 106 valence electrons. The third-order valence-corrected chi connectivity index (χ3v) is 4.56. The lowest BCUT2D eigenvalue weighted by molar-refractivity contribution is -0.0352. The van der Waals surface area contributed by atoms with Crippen molar-refractivity contribution in [2.24, 2.45) is 5.92 Å². The molecule has 1 saturated carbocycles. The third-order valence-electron chi connectivity index (χ3n) is 4.56. The largest absolute Gasteiger partial charge is 0.389 e. The van der Waals surface area contributed by atoms with E-state index in [1.54, 1.807) is 0 Å². The van der Waals surface area contributed by atoms with Crippen LogP contribution in [0.5, 0.6) is 0 Å². The Kier molecular flexibility index (Phi) is 5.05. The minimum Gasteiger partial charge on any atom is -0.389 e. The van der Waals surface area contributed by atoms with E-state index in [9.17, 15) is 5.11 Å². The molecule has 2 aliphatic rings. The monoisotopic (exact) mass is 255 g/mol. The van der Waals surface area contributed by atoms with Gasteiger partial charge in [0.1, 0.15) is 0 Å². The second kappa shape index (κ2) is 6.36. The van der Waals surface area contributed by atoms with Crippen molar-refractivity contribution in [1.29, 1.82) is 0 Å². The number of rotatable bonds is 4. The SMILES string of the molecule is CC(C)C1CC(NCC2(O)CCCCC2)CCO1. The first-order valence-corrected chi connectivity index (χ1v) is 7.66. The molecule has 0 bridgehead atoms. The van der Waals surface area contributed by atoms with Crippen molar-refractivity contribution in [3.63, 3.8) is 0 Å². The van der Waals surface area contributed by atoms with Crippen LogP contribution in [0.25, 0.3) is 0 Å². The lowest BCUT2D eigenvalue weighted by atomic mass is 9.84. The summed E-state index contributed by atoms with van der Waals surface area (Å²) in [4.78, 5) is 0. The van der Waals surface area contributed by atoms with E-state index in [1.165, 1.54) is 19.3 Å². The molecule has 2 unspecified atom stereocenters. The van der Waals surface area contributed by atoms with Crippen LogP contribution in [0.3, 0.4) is 0 Å². The van der Waals surface area contributed by atoms with Crippen LogP contribution in [0.15, 0.2) is 0 Å². The van der Waals surface area contributed by atoms with Gasteiger partial charge >= 0.3 is 0 Å². The van der Waals surface area contributed by atoms with Crippen molar-refractivity contribution in [2.45, 2.75) is 76.5 Å². The fraction of sp³-hybridized carbons (Fsp3) is 1.00. The zero-order valence-electron chi connectivity index (χ0n) is 12.0. The Bertz CT molecular complexity index is 249. The van der Waals surface area contributed by atoms with Crippen molar-refractivity contribution >= 4 is 0 Å². The van der Waals surface area contributed by atoms with E-state index in [0.29, 0.717) is 18.1 Å². The third kappa shape index (κ3) is 3.94. The highest BCUT2D eigenvalue weighted by atomic mass is 16.5. The molecule has 1 aliphatic heterocycles. The van der Waals surface area contributed by atoms with E-state index >= 15 is 0 Å². The van der Waals surface area contributed by atoms with Gasteiger partial charge in [-0.25, -0.2) is 0 Å². The number of nitrogens with one attached hydrogen (secondary N) is 1. The molecule has 0 aromatic heterocycles. The predicted octanol–water partition coefficient (Wildman–Crippen LogP) is 2.47. The van der Waals surface area contributed by atoms with Crippen LogP contribution in [0.4, 0.5) is 0 Å². The van der Waals surface area contributed by atoms with Gasteiger partial charge in [0.15, 0.2) is 0 Å². The van der Waals surface area contributed by atoms with Crippen molar-refractivity contribution in [1.82, 2.24) is 5.32 Å². The number of aliphatic hydroxyl groups is 1. The van der Waals surface area contributed by atoms with Crippen molar-refractivity contribution in [3.05, 3.63) is 0 Å². The molecule has 3 heteroatoms. The molecule has 0 aromatic carbocycles. The van der Waals surface area contributed by atoms with Gasteiger partial charge in [0.25, 0.3) is 0 Å². The van der Waals surface area contributed by atoms with Crippen molar-refractivity contribution in [2.75, 3.05) is 13.2 Å². The molecule has 2 atom stereocenters. The molecule has 0 spiro atoms. The summed E-state index contributed by atoms with van der Waals surface area (Å²) in [5.74, 6) is 0.590. The van der Waals surface area contributed by atoms with Crippen molar-refractivity contribution in [3.8, 4) is 0 Å². The summed E-state index contributed by atoms with van der Waals surface area (Å²) in [7, 11) is 0. The van der Waals surface area contributed by atoms with E-state index in [-0.39, 0.29) is 0 Å². The van der Waals surface area contributed by atoms with Gasteiger partial charge < -0.3 is 15.2 Å². The topological polar surface area (TPSA) is 41.5 Å². The normalized spacial score (nSPS) is 32.7. The molecule has 18 heavy (non-hydrogen) atoms. The molecule has 1 heterocycles. The van der Waals surface area contributed by atoms with Gasteiger partial charge in [0.2, 0.25) is 0 Å². The molecular weight excluding hydrogens is 226 g/mol. The summed E-state index contributed by atoms with van der Waals surface area (Å²) >= 11 is 0. The number of hydrogen-bond acceptors (Lipinski definition) is 3. The second-order valence-corrected chi connectivity index (χ2v) is 6.54. The predicted molar refractivity (Wildman–Crippen MR) is 73.6 cm³/mol. The summed E-state index contributed by atoms with van der Waals surface area (Å²) in [5.41, 5.74) is -0.441. The Morgan fingerprint density at radius 3 is 2.67 bits per heavy atom. The van der Waals surface area contributed by atoms with Gasteiger partial charge in [-0.05, 0) is 31.6 Å². The first kappa shape index (κ1) is 14.3. The molecule has 0 radical (unpaired) electrons. The van der Waals surface area contributed by atoms with Crippen LogP contribution < -0.4 is 5.32 Å². The molecule has 0 amide bonds. The lowest BCUT2D eigenvalue weighted by Crippen LogP contribution is -2.48. The van der Waals surface area contributed by atoms with Gasteiger partial charge in [-0.1, -0.05) is 33.1 Å². The van der Waals surface area contributed by atoms with Crippen molar-refractivity contribution < 1.29 is 9.84 Å². The van der Waals surface area contributed by atoms with Crippen LogP contribution in [0.2, 0.25) is 0 Å². The molecule has 2 fully saturated rings. The Balaban J connectivity index is 1.75. The van der Waals surface area contributed by atoms with Crippen LogP contribution in [-0.2, 0) is 4.74 Å². The highest BCUT2D eigenvalue weighted by Gasteiger charge is 2.31. The maximum atomic E-state index is 10.5. The standard InChI is InChI=1S/C15H29NO2/c1-12(2)14-10-13(6-9-18-14)16-11-15(17)7-4-3-5-8-15/h12-14,16-17H,3-11H2,1-2H3. The average molecular weight is 255 g/mol. The minimum absolute atomic E-state index is 0.386. The Morgan fingerprint density at radius 2 is 2.00 bits per heavy atom. The van der Waals surface area contributed by atoms with Gasteiger partial charge in [-0.15, -0.1) is 0 Å². The molecule has 1 aliphatic carbocycles. The molecule has 3 nitrogen and oxygen atoms in total. The van der Waals surface area contributed by atoms with Crippen LogP contribution in [0.1, 0.15) is 58.8 Å². The van der Waals surface area contributed by atoms with Gasteiger partial charge in [-0.3, -0.25) is 0 Å². The highest BCUT2D eigenvalue weighted by molar-refractivity contribution is 4.87. The Labute approximate surface area is 111 Å². The maximum Gasteiger partial charge on any atom is 0.0771 e. The zero-order valence-corrected chi connectivity index (χ0v) is 12.0. The Morgan fingerprint density at radius 1 is 1.28 bits per heavy atom. The zero-order chi connectivity index (χ0) is 13.0. The first-order valence-electron chi connectivity index (χ1n) is 7.66. The molecular formula is C15H29NO2. The minimum atomic E-state index is -0.441. The first-order chi connectivity index (χ1) is 8.59. The van der Waals surface area contributed by atoms with E-state index in [2.05, 4.69) is 19.2 Å². The summed E-state index contributed by atoms with van der Waals surface area (Å²) in [6.07, 6.45) is 8.15. The number of ether oxygens (including phenoxy) is 1. The molecule has 2 N–H and O–H groups in total. The van der Waals surface area contributed by atoms with E-state index in [4.69, 9.17) is 4.74 Å². The fourth-order valence-corrected chi connectivity index (χ4v) is 3.20. The Hall–Kier alpha value is -0.120. The summed E-state index contributed by atoms with van der Waals surface area (Å²) in [5, 5.41) is 14.1. The van der Waals surface area contributed by atoms with Crippen LogP contribution >= 0.6 is 0 Å². The quantitative estimate of drug-likeness (QED) is 0.811. The van der Waals surface area contributed by atoms with Crippen LogP contribution in [-0.4, -0.2) is 36.0 Å². The van der Waals surface area contributed by atoms with E-state index in [1.807, 2.05) is 0 Å². The summed E-state index contributed by atoms with van der Waals surface area (Å²) in [6, 6.07) is 0.525. The lowest BCUT2D eigenvalue weighted by Gasteiger charge is -2.37. The van der Waals surface area contributed by atoms with E-state index in [0.717, 1.165) is 38.8 Å². The molecule has 2 rings (SSSR count). The molecule has 0 aromatic rings. The smallest absolute Gasteiger partial charge is 0.0771 e. The van der Waals surface area contributed by atoms with Gasteiger partial charge in [0, 0.05) is 19.2 Å². The average Bonchev–Trinajstić information content (AvgIpc) is 2.38. The van der Waals surface area contributed by atoms with Crippen LogP contribution in [0, 0.1) is 5.92 Å². The number of hydrogen-bond donors (Lipinski definition) is 2. The summed E-state index contributed by atoms with van der Waals surface area (Å²) < 4.78 is 5.78. The second-order valence-electron chi connectivity index (χ2n) is 6.54. The van der Waals surface area contributed by atoms with Gasteiger partial charge in [-0.2, -0.15) is 0 Å². The highest BCUT2D eigenvalue weighted by Crippen LogP contribution is 2.28. The fourth-order valence-electron chi connectivity index (χ4n) is 3.20. The summed E-state index contributed by atoms with van der Waals surface area (Å²) in [6.45, 7) is 6.07.